The lowest BCUT2D eigenvalue weighted by atomic mass is 9.96. The summed E-state index contributed by atoms with van der Waals surface area (Å²) in [6.07, 6.45) is 1.78. The predicted octanol–water partition coefficient (Wildman–Crippen LogP) is 4.44. The van der Waals surface area contributed by atoms with Gasteiger partial charge in [0.2, 0.25) is 5.91 Å². The van der Waals surface area contributed by atoms with E-state index in [4.69, 9.17) is 28.6 Å². The number of hydrogen-bond acceptors (Lipinski definition) is 4. The molecule has 4 rings (SSSR count). The average molecular weight is 470 g/mol. The van der Waals surface area contributed by atoms with Gasteiger partial charge in [0.05, 0.1) is 28.5 Å². The van der Waals surface area contributed by atoms with Crippen molar-refractivity contribution in [2.24, 2.45) is 0 Å². The van der Waals surface area contributed by atoms with Crippen molar-refractivity contribution in [1.29, 1.82) is 0 Å². The highest BCUT2D eigenvalue weighted by molar-refractivity contribution is 7.80. The number of aromatic amines is 1. The molecule has 0 spiro atoms. The molecule has 7 nitrogen and oxygen atoms in total. The second-order valence-corrected chi connectivity index (χ2v) is 8.47. The molecule has 1 fully saturated rings. The number of amides is 1. The van der Waals surface area contributed by atoms with Crippen molar-refractivity contribution < 1.29 is 9.53 Å². The summed E-state index contributed by atoms with van der Waals surface area (Å²) in [5.74, 6) is -0.271. The van der Waals surface area contributed by atoms with Gasteiger partial charge < -0.3 is 25.3 Å². The molecule has 3 heterocycles. The summed E-state index contributed by atoms with van der Waals surface area (Å²) in [4.78, 5) is 21.9. The summed E-state index contributed by atoms with van der Waals surface area (Å²) in [5, 5.41) is 7.18. The lowest BCUT2D eigenvalue weighted by Gasteiger charge is -2.28. The molecule has 1 amide bonds. The summed E-state index contributed by atoms with van der Waals surface area (Å²) < 4.78 is 4.87. The largest absolute Gasteiger partial charge is 0.375 e. The zero-order chi connectivity index (χ0) is 22.8. The van der Waals surface area contributed by atoms with Crippen LogP contribution in [0.2, 0.25) is 5.02 Å². The molecule has 3 N–H and O–H groups in total. The minimum absolute atomic E-state index is 0.0435. The van der Waals surface area contributed by atoms with Gasteiger partial charge in [0.1, 0.15) is 6.61 Å². The Balaban J connectivity index is 1.74. The van der Waals surface area contributed by atoms with Crippen molar-refractivity contribution in [2.45, 2.75) is 25.9 Å². The molecule has 166 valence electrons. The SMILES string of the molecule is COCC(=O)Nc1ccc(N2C(=S)NC(c3ccccn3)C2c2cc(C)[nH]c2C)cc1Cl. The third-order valence-electron chi connectivity index (χ3n) is 5.39. The number of carbonyl (C=O) groups is 1. The van der Waals surface area contributed by atoms with Gasteiger partial charge in [-0.25, -0.2) is 0 Å². The van der Waals surface area contributed by atoms with Crippen LogP contribution in [0.1, 0.15) is 34.7 Å². The predicted molar refractivity (Wildman–Crippen MR) is 130 cm³/mol. The first-order valence-corrected chi connectivity index (χ1v) is 10.9. The maximum Gasteiger partial charge on any atom is 0.250 e. The summed E-state index contributed by atoms with van der Waals surface area (Å²) in [6.45, 7) is 4.04. The fourth-order valence-electron chi connectivity index (χ4n) is 4.07. The highest BCUT2D eigenvalue weighted by Crippen LogP contribution is 2.43. The first-order chi connectivity index (χ1) is 15.4. The molecule has 0 bridgehead atoms. The van der Waals surface area contributed by atoms with Crippen LogP contribution in [0, 0.1) is 13.8 Å². The maximum absolute atomic E-state index is 11.9. The van der Waals surface area contributed by atoms with Crippen LogP contribution in [0.25, 0.3) is 0 Å². The van der Waals surface area contributed by atoms with Crippen LogP contribution in [0.5, 0.6) is 0 Å². The molecule has 1 aliphatic heterocycles. The zero-order valence-corrected chi connectivity index (χ0v) is 19.6. The normalized spacial score (nSPS) is 18.0. The summed E-state index contributed by atoms with van der Waals surface area (Å²) in [6, 6.07) is 13.2. The number of benzene rings is 1. The van der Waals surface area contributed by atoms with Crippen molar-refractivity contribution in [3.63, 3.8) is 0 Å². The number of carbonyl (C=O) groups excluding carboxylic acids is 1. The van der Waals surface area contributed by atoms with Crippen LogP contribution in [0.4, 0.5) is 11.4 Å². The lowest BCUT2D eigenvalue weighted by Crippen LogP contribution is -2.29. The van der Waals surface area contributed by atoms with E-state index in [9.17, 15) is 4.79 Å². The second kappa shape index (κ2) is 9.28. The highest BCUT2D eigenvalue weighted by atomic mass is 35.5. The van der Waals surface area contributed by atoms with Crippen LogP contribution in [0.3, 0.4) is 0 Å². The Morgan fingerprint density at radius 2 is 2.09 bits per heavy atom. The molecule has 1 aliphatic rings. The Bertz CT molecular complexity index is 1150. The van der Waals surface area contributed by atoms with Crippen LogP contribution >= 0.6 is 23.8 Å². The first kappa shape index (κ1) is 22.3. The summed E-state index contributed by atoms with van der Waals surface area (Å²) in [7, 11) is 1.47. The zero-order valence-electron chi connectivity index (χ0n) is 18.0. The number of rotatable bonds is 6. The lowest BCUT2D eigenvalue weighted by molar-refractivity contribution is -0.119. The molecule has 1 aromatic carbocycles. The van der Waals surface area contributed by atoms with E-state index in [2.05, 4.69) is 38.5 Å². The van der Waals surface area contributed by atoms with Gasteiger partial charge in [-0.05, 0) is 68.0 Å². The number of ether oxygens (including phenoxy) is 1. The monoisotopic (exact) mass is 469 g/mol. The van der Waals surface area contributed by atoms with E-state index in [0.29, 0.717) is 15.8 Å². The van der Waals surface area contributed by atoms with Crippen LogP contribution in [-0.4, -0.2) is 34.7 Å². The Kier molecular flexibility index (Phi) is 6.45. The quantitative estimate of drug-likeness (QED) is 0.463. The third-order valence-corrected chi connectivity index (χ3v) is 6.01. The van der Waals surface area contributed by atoms with Crippen molar-refractivity contribution >= 4 is 46.2 Å². The van der Waals surface area contributed by atoms with E-state index in [1.165, 1.54) is 7.11 Å². The molecule has 9 heteroatoms. The van der Waals surface area contributed by atoms with Gasteiger partial charge in [-0.1, -0.05) is 17.7 Å². The number of thiocarbonyl (C=S) groups is 1. The molecule has 0 aliphatic carbocycles. The van der Waals surface area contributed by atoms with E-state index in [-0.39, 0.29) is 24.6 Å². The summed E-state index contributed by atoms with van der Waals surface area (Å²) >= 11 is 12.3. The minimum Gasteiger partial charge on any atom is -0.375 e. The smallest absolute Gasteiger partial charge is 0.250 e. The molecular weight excluding hydrogens is 446 g/mol. The molecule has 2 atom stereocenters. The Morgan fingerprint density at radius 1 is 1.28 bits per heavy atom. The number of anilines is 2. The first-order valence-electron chi connectivity index (χ1n) is 10.1. The Morgan fingerprint density at radius 3 is 2.72 bits per heavy atom. The van der Waals surface area contributed by atoms with E-state index >= 15 is 0 Å². The van der Waals surface area contributed by atoms with Crippen LogP contribution in [0.15, 0.2) is 48.7 Å². The van der Waals surface area contributed by atoms with Gasteiger partial charge in [-0.3, -0.25) is 9.78 Å². The fourth-order valence-corrected chi connectivity index (χ4v) is 4.64. The standard InChI is InChI=1S/C23H24ClN5O2S/c1-13-10-16(14(2)26-13)22-21(19-6-4-5-9-25-19)28-23(32)29(22)15-7-8-18(17(24)11-15)27-20(30)12-31-3/h4-11,21-22,26H,12H2,1-3H3,(H,27,30)(H,28,32). The second-order valence-electron chi connectivity index (χ2n) is 7.67. The van der Waals surface area contributed by atoms with Crippen LogP contribution < -0.4 is 15.5 Å². The van der Waals surface area contributed by atoms with Gasteiger partial charge in [0.15, 0.2) is 5.11 Å². The minimum atomic E-state index is -0.271. The molecule has 1 saturated heterocycles. The molecular formula is C23H24ClN5O2S. The van der Waals surface area contributed by atoms with Crippen molar-refractivity contribution in [3.8, 4) is 0 Å². The van der Waals surface area contributed by atoms with Crippen molar-refractivity contribution in [3.05, 3.63) is 76.3 Å². The summed E-state index contributed by atoms with van der Waals surface area (Å²) in [5.41, 5.74) is 5.50. The van der Waals surface area contributed by atoms with E-state index in [0.717, 1.165) is 28.3 Å². The Hall–Kier alpha value is -2.94. The van der Waals surface area contributed by atoms with Gasteiger partial charge in [-0.15, -0.1) is 0 Å². The van der Waals surface area contributed by atoms with Gasteiger partial charge in [0.25, 0.3) is 0 Å². The number of halogens is 1. The van der Waals surface area contributed by atoms with Crippen LogP contribution in [-0.2, 0) is 9.53 Å². The van der Waals surface area contributed by atoms with E-state index in [1.54, 1.807) is 18.3 Å². The van der Waals surface area contributed by atoms with Gasteiger partial charge >= 0.3 is 0 Å². The third kappa shape index (κ3) is 4.34. The molecule has 2 unspecified atom stereocenters. The fraction of sp³-hybridized carbons (Fsp3) is 0.261. The molecule has 3 aromatic rings. The maximum atomic E-state index is 11.9. The molecule has 0 saturated carbocycles. The molecule has 2 aromatic heterocycles. The van der Waals surface area contributed by atoms with E-state index in [1.807, 2.05) is 31.2 Å². The molecule has 0 radical (unpaired) electrons. The number of aromatic nitrogens is 2. The number of nitrogens with zero attached hydrogens (tertiary/aromatic N) is 2. The average Bonchev–Trinajstić information content (AvgIpc) is 3.28. The van der Waals surface area contributed by atoms with Gasteiger partial charge in [0, 0.05) is 30.4 Å². The molecule has 32 heavy (non-hydrogen) atoms. The highest BCUT2D eigenvalue weighted by Gasteiger charge is 2.41. The number of aryl methyl sites for hydroxylation is 2. The topological polar surface area (TPSA) is 82.3 Å². The number of pyridine rings is 1. The van der Waals surface area contributed by atoms with Crippen molar-refractivity contribution in [2.75, 3.05) is 23.9 Å². The number of nitrogens with one attached hydrogen (secondary N) is 3. The number of hydrogen-bond donors (Lipinski definition) is 3. The van der Waals surface area contributed by atoms with Gasteiger partial charge in [-0.2, -0.15) is 0 Å². The number of H-pyrrole nitrogens is 1. The van der Waals surface area contributed by atoms with Crippen molar-refractivity contribution in [1.82, 2.24) is 15.3 Å². The number of methoxy groups -OCH3 is 1. The van der Waals surface area contributed by atoms with E-state index < -0.39 is 0 Å². The Labute approximate surface area is 197 Å².